The fraction of sp³-hybridized carbons (Fsp3) is 0.429. The highest BCUT2D eigenvalue weighted by molar-refractivity contribution is 7.90. The highest BCUT2D eigenvalue weighted by Crippen LogP contribution is 2.20. The lowest BCUT2D eigenvalue weighted by Crippen LogP contribution is -2.35. The molecule has 22 heavy (non-hydrogen) atoms. The van der Waals surface area contributed by atoms with E-state index in [1.165, 1.54) is 0 Å². The number of carbonyl (C=O) groups excluding carboxylic acids is 1. The van der Waals surface area contributed by atoms with Gasteiger partial charge < -0.3 is 10.3 Å². The average Bonchev–Trinajstić information content (AvgIpc) is 2.79. The number of imidazole rings is 1. The summed E-state index contributed by atoms with van der Waals surface area (Å²) in [7, 11) is -3.19. The second-order valence-corrected chi connectivity index (χ2v) is 8.13. The van der Waals surface area contributed by atoms with E-state index in [9.17, 15) is 13.2 Å². The molecule has 1 heterocycles. The second-order valence-electron chi connectivity index (χ2n) is 5.51. The van der Waals surface area contributed by atoms with Crippen LogP contribution >= 0.6 is 11.6 Å². The van der Waals surface area contributed by atoms with Crippen LogP contribution in [0.25, 0.3) is 11.0 Å². The molecule has 0 fully saturated rings. The first-order chi connectivity index (χ1) is 10.2. The molecule has 0 radical (unpaired) electrons. The zero-order chi connectivity index (χ0) is 16.5. The predicted molar refractivity (Wildman–Crippen MR) is 86.5 cm³/mol. The number of H-pyrrole nitrogens is 1. The number of nitrogens with zero attached hydrogens (tertiary/aromatic N) is 1. The summed E-state index contributed by atoms with van der Waals surface area (Å²) in [4.78, 5) is 19.5. The maximum absolute atomic E-state index is 12.0. The van der Waals surface area contributed by atoms with Crippen LogP contribution in [-0.4, -0.2) is 36.3 Å². The highest BCUT2D eigenvalue weighted by atomic mass is 35.5. The molecule has 2 rings (SSSR count). The summed E-state index contributed by atoms with van der Waals surface area (Å²) in [5.74, 6) is -0.522. The Morgan fingerprint density at radius 2 is 2.09 bits per heavy atom. The largest absolute Gasteiger partial charge is 0.346 e. The Morgan fingerprint density at radius 3 is 2.73 bits per heavy atom. The molecular formula is C14H18ClN3O3S. The summed E-state index contributed by atoms with van der Waals surface area (Å²) >= 11 is 5.92. The third-order valence-electron chi connectivity index (χ3n) is 3.23. The fourth-order valence-electron chi connectivity index (χ4n) is 2.16. The first-order valence-electron chi connectivity index (χ1n) is 6.79. The summed E-state index contributed by atoms with van der Waals surface area (Å²) in [5, 5.41) is 3.36. The first-order valence-corrected chi connectivity index (χ1v) is 9.23. The van der Waals surface area contributed by atoms with Gasteiger partial charge in [-0.25, -0.2) is 13.4 Å². The Hall–Kier alpha value is -1.60. The summed E-state index contributed by atoms with van der Waals surface area (Å²) in [6.07, 6.45) is 1.11. The lowest BCUT2D eigenvalue weighted by molar-refractivity contribution is -0.124. The Kier molecular flexibility index (Phi) is 4.77. The van der Waals surface area contributed by atoms with Gasteiger partial charge in [0.1, 0.15) is 15.7 Å². The lowest BCUT2D eigenvalue weighted by atomic mass is 10.2. The minimum absolute atomic E-state index is 0.179. The van der Waals surface area contributed by atoms with E-state index in [1.807, 2.05) is 0 Å². The van der Waals surface area contributed by atoms with Gasteiger partial charge in [-0.1, -0.05) is 18.5 Å². The van der Waals surface area contributed by atoms with E-state index in [2.05, 4.69) is 15.3 Å². The zero-order valence-electron chi connectivity index (χ0n) is 12.6. The molecule has 1 amide bonds. The Labute approximate surface area is 134 Å². The molecule has 0 saturated carbocycles. The molecule has 1 aromatic heterocycles. The summed E-state index contributed by atoms with van der Waals surface area (Å²) in [6.45, 7) is 3.37. The van der Waals surface area contributed by atoms with Crippen molar-refractivity contribution in [2.45, 2.75) is 19.9 Å². The third-order valence-corrected chi connectivity index (χ3v) is 4.57. The number of carbonyl (C=O) groups is 1. The van der Waals surface area contributed by atoms with Gasteiger partial charge in [-0.3, -0.25) is 4.79 Å². The van der Waals surface area contributed by atoms with E-state index in [1.54, 1.807) is 32.0 Å². The SMILES string of the molecule is C[C@@H](CS(C)(=O)=O)C(=O)N[C@H](C)c1nc2ccc(Cl)cc2[nH]1. The van der Waals surface area contributed by atoms with Crippen molar-refractivity contribution in [2.75, 3.05) is 12.0 Å². The molecular weight excluding hydrogens is 326 g/mol. The van der Waals surface area contributed by atoms with E-state index in [0.29, 0.717) is 10.8 Å². The molecule has 2 aromatic rings. The molecule has 1 aromatic carbocycles. The number of nitrogens with one attached hydrogen (secondary N) is 2. The number of hydrogen-bond acceptors (Lipinski definition) is 4. The number of sulfone groups is 1. The summed E-state index contributed by atoms with van der Waals surface area (Å²) in [5.41, 5.74) is 1.54. The Bertz CT molecular complexity index is 801. The van der Waals surface area contributed by atoms with Crippen LogP contribution in [0.4, 0.5) is 0 Å². The van der Waals surface area contributed by atoms with Crippen LogP contribution in [0, 0.1) is 5.92 Å². The number of amides is 1. The van der Waals surface area contributed by atoms with Crippen LogP contribution in [0.1, 0.15) is 25.7 Å². The van der Waals surface area contributed by atoms with Crippen molar-refractivity contribution < 1.29 is 13.2 Å². The van der Waals surface area contributed by atoms with Crippen LogP contribution in [0.15, 0.2) is 18.2 Å². The van der Waals surface area contributed by atoms with Crippen LogP contribution in [0.3, 0.4) is 0 Å². The molecule has 0 saturated heterocycles. The quantitative estimate of drug-likeness (QED) is 0.869. The number of halogens is 1. The molecule has 2 N–H and O–H groups in total. The van der Waals surface area contributed by atoms with Crippen molar-refractivity contribution in [3.8, 4) is 0 Å². The fourth-order valence-corrected chi connectivity index (χ4v) is 3.39. The van der Waals surface area contributed by atoms with E-state index in [0.717, 1.165) is 17.3 Å². The van der Waals surface area contributed by atoms with Gasteiger partial charge >= 0.3 is 0 Å². The van der Waals surface area contributed by atoms with Crippen molar-refractivity contribution in [2.24, 2.45) is 5.92 Å². The van der Waals surface area contributed by atoms with Gasteiger partial charge in [-0.05, 0) is 25.1 Å². The van der Waals surface area contributed by atoms with Crippen molar-refractivity contribution in [1.82, 2.24) is 15.3 Å². The zero-order valence-corrected chi connectivity index (χ0v) is 14.1. The lowest BCUT2D eigenvalue weighted by Gasteiger charge is -2.15. The van der Waals surface area contributed by atoms with Gasteiger partial charge in [-0.15, -0.1) is 0 Å². The Balaban J connectivity index is 2.10. The minimum atomic E-state index is -3.19. The van der Waals surface area contributed by atoms with Crippen LogP contribution in [0.2, 0.25) is 5.02 Å². The van der Waals surface area contributed by atoms with Crippen LogP contribution in [-0.2, 0) is 14.6 Å². The maximum Gasteiger partial charge on any atom is 0.224 e. The van der Waals surface area contributed by atoms with Crippen molar-refractivity contribution in [3.05, 3.63) is 29.0 Å². The molecule has 0 aliphatic carbocycles. The molecule has 0 aliphatic rings. The minimum Gasteiger partial charge on any atom is -0.346 e. The normalized spacial score (nSPS) is 14.7. The topological polar surface area (TPSA) is 91.9 Å². The molecule has 0 aliphatic heterocycles. The first kappa shape index (κ1) is 16.8. The molecule has 0 bridgehead atoms. The summed E-state index contributed by atoms with van der Waals surface area (Å²) < 4.78 is 22.5. The van der Waals surface area contributed by atoms with E-state index >= 15 is 0 Å². The number of aromatic nitrogens is 2. The van der Waals surface area contributed by atoms with Gasteiger partial charge in [-0.2, -0.15) is 0 Å². The number of benzene rings is 1. The number of aromatic amines is 1. The Morgan fingerprint density at radius 1 is 1.41 bits per heavy atom. The second kappa shape index (κ2) is 6.26. The predicted octanol–water partition coefficient (Wildman–Crippen LogP) is 2.07. The number of hydrogen-bond donors (Lipinski definition) is 2. The molecule has 8 heteroatoms. The van der Waals surface area contributed by atoms with Crippen LogP contribution < -0.4 is 5.32 Å². The molecule has 2 atom stereocenters. The van der Waals surface area contributed by atoms with Gasteiger partial charge in [0.15, 0.2) is 0 Å². The maximum atomic E-state index is 12.0. The monoisotopic (exact) mass is 343 g/mol. The van der Waals surface area contributed by atoms with Crippen molar-refractivity contribution in [1.29, 1.82) is 0 Å². The standard InChI is InChI=1S/C14H18ClN3O3S/c1-8(7-22(3,20)21)14(19)16-9(2)13-17-11-5-4-10(15)6-12(11)18-13/h4-6,8-9H,7H2,1-3H3,(H,16,19)(H,17,18)/t8-,9+/m0/s1. The van der Waals surface area contributed by atoms with Gasteiger partial charge in [0.2, 0.25) is 5.91 Å². The van der Waals surface area contributed by atoms with Crippen molar-refractivity contribution in [3.63, 3.8) is 0 Å². The van der Waals surface area contributed by atoms with Gasteiger partial charge in [0, 0.05) is 17.2 Å². The number of rotatable bonds is 5. The van der Waals surface area contributed by atoms with Crippen LogP contribution in [0.5, 0.6) is 0 Å². The van der Waals surface area contributed by atoms with E-state index < -0.39 is 15.8 Å². The number of fused-ring (bicyclic) bond motifs is 1. The summed E-state index contributed by atoms with van der Waals surface area (Å²) in [6, 6.07) is 4.93. The molecule has 120 valence electrons. The average molecular weight is 344 g/mol. The van der Waals surface area contributed by atoms with E-state index in [4.69, 9.17) is 11.6 Å². The van der Waals surface area contributed by atoms with Crippen molar-refractivity contribution >= 4 is 38.4 Å². The molecule has 6 nitrogen and oxygen atoms in total. The third kappa shape index (κ3) is 4.20. The molecule has 0 unspecified atom stereocenters. The smallest absolute Gasteiger partial charge is 0.224 e. The highest BCUT2D eigenvalue weighted by Gasteiger charge is 2.21. The van der Waals surface area contributed by atoms with Gasteiger partial charge in [0.25, 0.3) is 0 Å². The van der Waals surface area contributed by atoms with Gasteiger partial charge in [0.05, 0.1) is 22.8 Å². The van der Waals surface area contributed by atoms with E-state index in [-0.39, 0.29) is 17.7 Å². The molecule has 0 spiro atoms.